The molecule has 0 bridgehead atoms. The number of fused-ring (bicyclic) bond motifs is 2. The molecule has 0 atom stereocenters. The Balaban J connectivity index is 0.000000167. The second-order valence-corrected chi connectivity index (χ2v) is 17.2. The van der Waals surface area contributed by atoms with Gasteiger partial charge < -0.3 is 10.6 Å². The maximum absolute atomic E-state index is 11.5. The van der Waals surface area contributed by atoms with Crippen LogP contribution in [0.2, 0.25) is 0 Å². The van der Waals surface area contributed by atoms with Crippen molar-refractivity contribution in [3.63, 3.8) is 0 Å². The van der Waals surface area contributed by atoms with E-state index in [2.05, 4.69) is 180 Å². The lowest BCUT2D eigenvalue weighted by Gasteiger charge is -2.20. The molecule has 264 valence electrons. The molecule has 8 aromatic rings. The minimum absolute atomic E-state index is 0.0533. The van der Waals surface area contributed by atoms with E-state index in [1.54, 1.807) is 0 Å². The molecule has 0 aliphatic heterocycles. The molecule has 0 aliphatic rings. The average molecular weight is 739 g/mol. The van der Waals surface area contributed by atoms with Gasteiger partial charge in [-0.05, 0) is 82.7 Å². The van der Waals surface area contributed by atoms with Gasteiger partial charge in [0.15, 0.2) is 0 Å². The first-order valence-electron chi connectivity index (χ1n) is 17.9. The number of hydrogen-bond acceptors (Lipinski definition) is 2. The molecule has 0 saturated carbocycles. The lowest BCUT2D eigenvalue weighted by Crippen LogP contribution is -2.20. The molecule has 8 aromatic carbocycles. The Kier molecular flexibility index (Phi) is 11.7. The maximum Gasteiger partial charge on any atom is 0.221 e. The van der Waals surface area contributed by atoms with Crippen molar-refractivity contribution in [3.05, 3.63) is 194 Å². The molecule has 0 radical (unpaired) electrons. The highest BCUT2D eigenvalue weighted by molar-refractivity contribution is 7.80. The number of rotatable bonds is 8. The van der Waals surface area contributed by atoms with Crippen molar-refractivity contribution < 1.29 is 9.59 Å². The van der Waals surface area contributed by atoms with Gasteiger partial charge in [-0.3, -0.25) is 9.59 Å². The monoisotopic (exact) mass is 738 g/mol. The van der Waals surface area contributed by atoms with E-state index in [1.807, 2.05) is 24.3 Å². The van der Waals surface area contributed by atoms with E-state index in [4.69, 9.17) is 0 Å². The van der Waals surface area contributed by atoms with Gasteiger partial charge in [-0.1, -0.05) is 170 Å². The second-order valence-electron chi connectivity index (χ2n) is 12.8. The van der Waals surface area contributed by atoms with Crippen molar-refractivity contribution >= 4 is 92.4 Å². The van der Waals surface area contributed by atoms with Crippen LogP contribution in [0.4, 0.5) is 11.4 Å². The number of benzene rings is 8. The first-order valence-corrected chi connectivity index (χ1v) is 20.5. The molecule has 0 heterocycles. The van der Waals surface area contributed by atoms with E-state index >= 15 is 0 Å². The molecule has 8 rings (SSSR count). The predicted molar refractivity (Wildman–Crippen MR) is 234 cm³/mol. The molecule has 0 aromatic heterocycles. The summed E-state index contributed by atoms with van der Waals surface area (Å²) >= 11 is 0. The molecule has 0 saturated heterocycles. The van der Waals surface area contributed by atoms with Gasteiger partial charge in [0.25, 0.3) is 0 Å². The lowest BCUT2D eigenvalue weighted by atomic mass is 10.1. The minimum atomic E-state index is -0.633. The normalized spacial score (nSPS) is 10.9. The fourth-order valence-corrected chi connectivity index (χ4v) is 11.3. The molecule has 0 aliphatic carbocycles. The molecule has 2 N–H and O–H groups in total. The van der Waals surface area contributed by atoms with Crippen LogP contribution in [-0.2, 0) is 9.59 Å². The molecular formula is C48H40N2O2P2. The number of carbonyl (C=O) groups excluding carboxylic acids is 2. The van der Waals surface area contributed by atoms with E-state index in [9.17, 15) is 9.59 Å². The Morgan fingerprint density at radius 1 is 0.352 bits per heavy atom. The van der Waals surface area contributed by atoms with Crippen molar-refractivity contribution in [3.8, 4) is 0 Å². The quantitative estimate of drug-likeness (QED) is 0.153. The Morgan fingerprint density at radius 2 is 0.667 bits per heavy atom. The number of carbonyl (C=O) groups is 2. The highest BCUT2D eigenvalue weighted by atomic mass is 31.1. The summed E-state index contributed by atoms with van der Waals surface area (Å²) in [7, 11) is -1.27. The summed E-state index contributed by atoms with van der Waals surface area (Å²) < 4.78 is 0. The molecule has 0 spiro atoms. The number of anilines is 2. The second kappa shape index (κ2) is 17.3. The van der Waals surface area contributed by atoms with Gasteiger partial charge in [0, 0.05) is 36.0 Å². The zero-order valence-corrected chi connectivity index (χ0v) is 32.0. The Labute approximate surface area is 319 Å². The summed E-state index contributed by atoms with van der Waals surface area (Å²) in [6.45, 7) is 3.08. The van der Waals surface area contributed by atoms with Gasteiger partial charge in [-0.2, -0.15) is 0 Å². The van der Waals surface area contributed by atoms with Gasteiger partial charge in [0.2, 0.25) is 11.8 Å². The maximum atomic E-state index is 11.5. The third-order valence-corrected chi connectivity index (χ3v) is 13.8. The molecule has 0 fully saturated rings. The summed E-state index contributed by atoms with van der Waals surface area (Å²) in [6.07, 6.45) is 0. The fourth-order valence-electron chi connectivity index (χ4n) is 6.62. The fraction of sp³-hybridized carbons (Fsp3) is 0.0417. The summed E-state index contributed by atoms with van der Waals surface area (Å²) in [4.78, 5) is 23.0. The van der Waals surface area contributed by atoms with Gasteiger partial charge >= 0.3 is 0 Å². The molecule has 0 unspecified atom stereocenters. The van der Waals surface area contributed by atoms with Crippen molar-refractivity contribution in [1.82, 2.24) is 0 Å². The van der Waals surface area contributed by atoms with E-state index < -0.39 is 15.8 Å². The lowest BCUT2D eigenvalue weighted by molar-refractivity contribution is -0.115. The highest BCUT2D eigenvalue weighted by Gasteiger charge is 2.18. The standard InChI is InChI=1S/2C24H20NOP/c2*1-18(26)25-24-14-8-9-19-17-22(15-16-23(19)24)27(20-10-4-2-5-11-20)21-12-6-3-7-13-21/h2*2-17H,1H3,(H,25,26). The molecule has 4 nitrogen and oxygen atoms in total. The molecule has 2 amide bonds. The van der Waals surface area contributed by atoms with Crippen LogP contribution >= 0.6 is 15.8 Å². The molecule has 6 heteroatoms. The van der Waals surface area contributed by atoms with Gasteiger partial charge in [-0.15, -0.1) is 0 Å². The number of nitrogens with one attached hydrogen (secondary N) is 2. The Hall–Kier alpha value is -5.92. The van der Waals surface area contributed by atoms with Crippen LogP contribution in [0.3, 0.4) is 0 Å². The molecular weight excluding hydrogens is 698 g/mol. The Morgan fingerprint density at radius 3 is 0.963 bits per heavy atom. The topological polar surface area (TPSA) is 58.2 Å². The molecule has 54 heavy (non-hydrogen) atoms. The SMILES string of the molecule is CC(=O)Nc1cccc2cc(P(c3ccccc3)c3ccccc3)ccc12.CC(=O)Nc1cccc2cc(P(c3ccccc3)c3ccccc3)ccc12. The van der Waals surface area contributed by atoms with Gasteiger partial charge in [0.05, 0.1) is 0 Å². The summed E-state index contributed by atoms with van der Waals surface area (Å²) in [5.74, 6) is -0.107. The van der Waals surface area contributed by atoms with Crippen LogP contribution in [0.1, 0.15) is 13.8 Å². The third-order valence-electron chi connectivity index (χ3n) is 8.92. The van der Waals surface area contributed by atoms with E-state index in [-0.39, 0.29) is 11.8 Å². The van der Waals surface area contributed by atoms with Crippen LogP contribution in [0, 0.1) is 0 Å². The van der Waals surface area contributed by atoms with Crippen LogP contribution < -0.4 is 42.5 Å². The smallest absolute Gasteiger partial charge is 0.221 e. The van der Waals surface area contributed by atoms with Gasteiger partial charge in [-0.25, -0.2) is 0 Å². The minimum Gasteiger partial charge on any atom is -0.326 e. The van der Waals surface area contributed by atoms with Crippen LogP contribution in [0.25, 0.3) is 21.5 Å². The van der Waals surface area contributed by atoms with Crippen LogP contribution in [0.15, 0.2) is 194 Å². The Bertz CT molecular complexity index is 2250. The summed E-state index contributed by atoms with van der Waals surface area (Å²) in [6, 6.07) is 67.9. The number of amides is 2. The average Bonchev–Trinajstić information content (AvgIpc) is 3.20. The van der Waals surface area contributed by atoms with Crippen molar-refractivity contribution in [2.45, 2.75) is 13.8 Å². The third kappa shape index (κ3) is 8.64. The first kappa shape index (κ1) is 36.4. The van der Waals surface area contributed by atoms with Crippen molar-refractivity contribution in [2.75, 3.05) is 10.6 Å². The predicted octanol–water partition coefficient (Wildman–Crippen LogP) is 9.11. The van der Waals surface area contributed by atoms with E-state index in [0.717, 1.165) is 32.9 Å². The van der Waals surface area contributed by atoms with E-state index in [1.165, 1.54) is 45.7 Å². The summed E-state index contributed by atoms with van der Waals surface area (Å²) in [5, 5.41) is 18.2. The van der Waals surface area contributed by atoms with Crippen LogP contribution in [0.5, 0.6) is 0 Å². The van der Waals surface area contributed by atoms with Crippen LogP contribution in [-0.4, -0.2) is 11.8 Å². The van der Waals surface area contributed by atoms with Crippen molar-refractivity contribution in [1.29, 1.82) is 0 Å². The first-order chi connectivity index (χ1) is 26.4. The largest absolute Gasteiger partial charge is 0.326 e. The summed E-state index contributed by atoms with van der Waals surface area (Å²) in [5.41, 5.74) is 1.71. The zero-order valence-electron chi connectivity index (χ0n) is 30.2. The number of hydrogen-bond donors (Lipinski definition) is 2. The van der Waals surface area contributed by atoms with E-state index in [0.29, 0.717) is 0 Å². The van der Waals surface area contributed by atoms with Gasteiger partial charge in [0.1, 0.15) is 0 Å². The zero-order chi connectivity index (χ0) is 37.3. The highest BCUT2D eigenvalue weighted by Crippen LogP contribution is 2.36. The van der Waals surface area contributed by atoms with Crippen molar-refractivity contribution in [2.24, 2.45) is 0 Å².